The van der Waals surface area contributed by atoms with Crippen molar-refractivity contribution < 1.29 is 5.11 Å². The van der Waals surface area contributed by atoms with Crippen LogP contribution in [-0.4, -0.2) is 35.7 Å². The molecule has 2 aliphatic rings. The number of rotatable bonds is 2. The molecule has 0 amide bonds. The van der Waals surface area contributed by atoms with Gasteiger partial charge in [0.15, 0.2) is 0 Å². The minimum atomic E-state index is -0.162. The van der Waals surface area contributed by atoms with Crippen molar-refractivity contribution in [1.82, 2.24) is 4.90 Å². The van der Waals surface area contributed by atoms with E-state index in [-0.39, 0.29) is 6.10 Å². The van der Waals surface area contributed by atoms with Gasteiger partial charge in [-0.2, -0.15) is 0 Å². The summed E-state index contributed by atoms with van der Waals surface area (Å²) < 4.78 is 0. The maximum absolute atomic E-state index is 9.36. The molecule has 1 saturated carbocycles. The Morgan fingerprint density at radius 1 is 1.07 bits per heavy atom. The molecule has 0 aromatic carbocycles. The molecule has 2 rings (SSSR count). The zero-order valence-corrected chi connectivity index (χ0v) is 10.0. The second-order valence-electron chi connectivity index (χ2n) is 5.71. The van der Waals surface area contributed by atoms with Gasteiger partial charge in [0.25, 0.3) is 0 Å². The fraction of sp³-hybridized carbons (Fsp3) is 1.00. The van der Waals surface area contributed by atoms with Crippen LogP contribution in [0.1, 0.15) is 51.9 Å². The van der Waals surface area contributed by atoms with E-state index in [0.29, 0.717) is 5.41 Å². The number of aliphatic hydroxyl groups is 1. The molecule has 0 aromatic heterocycles. The Hall–Kier alpha value is -0.0800. The number of hydrogen-bond acceptors (Lipinski definition) is 2. The molecule has 1 atom stereocenters. The zero-order chi connectivity index (χ0) is 10.7. The molecule has 0 radical (unpaired) electrons. The lowest BCUT2D eigenvalue weighted by atomic mass is 9.68. The summed E-state index contributed by atoms with van der Waals surface area (Å²) in [6.07, 6.45) is 9.89. The lowest BCUT2D eigenvalue weighted by molar-refractivity contribution is 0.0427. The van der Waals surface area contributed by atoms with Crippen LogP contribution in [0, 0.1) is 5.41 Å². The topological polar surface area (TPSA) is 23.5 Å². The van der Waals surface area contributed by atoms with Gasteiger partial charge >= 0.3 is 0 Å². The Morgan fingerprint density at radius 2 is 1.67 bits per heavy atom. The van der Waals surface area contributed by atoms with Crippen molar-refractivity contribution >= 4 is 0 Å². The lowest BCUT2D eigenvalue weighted by Gasteiger charge is -2.44. The maximum Gasteiger partial charge on any atom is 0.0639 e. The third-order valence-corrected chi connectivity index (χ3v) is 4.35. The summed E-state index contributed by atoms with van der Waals surface area (Å²) in [6, 6.07) is 0. The third kappa shape index (κ3) is 2.94. The Balaban J connectivity index is 1.80. The first-order valence-electron chi connectivity index (χ1n) is 6.61. The van der Waals surface area contributed by atoms with Gasteiger partial charge in [-0.05, 0) is 51.1 Å². The van der Waals surface area contributed by atoms with E-state index < -0.39 is 0 Å². The second-order valence-corrected chi connectivity index (χ2v) is 5.71. The molecular formula is C13H25NO. The number of hydrogen-bond donors (Lipinski definition) is 1. The molecule has 0 bridgehead atoms. The normalized spacial score (nSPS) is 29.2. The average Bonchev–Trinajstić information content (AvgIpc) is 2.23. The standard InChI is InChI=1S/C13H25NO/c1-12(15)11-14-9-7-13(8-10-14)5-3-2-4-6-13/h12,15H,2-11H2,1H3/t12-/m1/s1. The molecule has 1 aliphatic carbocycles. The molecule has 1 saturated heterocycles. The molecule has 2 fully saturated rings. The largest absolute Gasteiger partial charge is 0.392 e. The van der Waals surface area contributed by atoms with Crippen molar-refractivity contribution in [2.45, 2.75) is 58.0 Å². The van der Waals surface area contributed by atoms with Gasteiger partial charge in [-0.15, -0.1) is 0 Å². The highest BCUT2D eigenvalue weighted by Gasteiger charge is 2.35. The van der Waals surface area contributed by atoms with Crippen LogP contribution < -0.4 is 0 Å². The number of β-amino-alcohol motifs (C(OH)–C–C–N with tert-alkyl or cyclic N) is 1. The number of nitrogens with zero attached hydrogens (tertiary/aromatic N) is 1. The van der Waals surface area contributed by atoms with Gasteiger partial charge in [0.1, 0.15) is 0 Å². The predicted octanol–water partition coefficient (Wildman–Crippen LogP) is 2.41. The summed E-state index contributed by atoms with van der Waals surface area (Å²) in [5.74, 6) is 0. The van der Waals surface area contributed by atoms with Crippen molar-refractivity contribution in [3.05, 3.63) is 0 Å². The van der Waals surface area contributed by atoms with Crippen LogP contribution in [0.15, 0.2) is 0 Å². The molecule has 15 heavy (non-hydrogen) atoms. The fourth-order valence-electron chi connectivity index (χ4n) is 3.39. The van der Waals surface area contributed by atoms with Crippen molar-refractivity contribution in [2.75, 3.05) is 19.6 Å². The fourth-order valence-corrected chi connectivity index (χ4v) is 3.39. The Labute approximate surface area is 93.7 Å². The lowest BCUT2D eigenvalue weighted by Crippen LogP contribution is -2.43. The van der Waals surface area contributed by atoms with E-state index in [2.05, 4.69) is 4.90 Å². The van der Waals surface area contributed by atoms with Gasteiger partial charge in [0.2, 0.25) is 0 Å². The van der Waals surface area contributed by atoms with Crippen LogP contribution in [0.2, 0.25) is 0 Å². The molecule has 1 N–H and O–H groups in total. The number of likely N-dealkylation sites (tertiary alicyclic amines) is 1. The summed E-state index contributed by atoms with van der Waals surface area (Å²) >= 11 is 0. The number of piperidine rings is 1. The van der Waals surface area contributed by atoms with Gasteiger partial charge in [0, 0.05) is 6.54 Å². The van der Waals surface area contributed by atoms with Crippen LogP contribution in [0.3, 0.4) is 0 Å². The monoisotopic (exact) mass is 211 g/mol. The first-order chi connectivity index (χ1) is 7.20. The van der Waals surface area contributed by atoms with Crippen molar-refractivity contribution in [1.29, 1.82) is 0 Å². The average molecular weight is 211 g/mol. The molecule has 1 spiro atoms. The molecule has 2 nitrogen and oxygen atoms in total. The highest BCUT2D eigenvalue weighted by molar-refractivity contribution is 4.88. The summed E-state index contributed by atoms with van der Waals surface area (Å²) in [5.41, 5.74) is 0.702. The Kier molecular flexibility index (Phi) is 3.68. The molecular weight excluding hydrogens is 186 g/mol. The van der Waals surface area contributed by atoms with Gasteiger partial charge in [-0.3, -0.25) is 0 Å². The van der Waals surface area contributed by atoms with Crippen molar-refractivity contribution in [2.24, 2.45) is 5.41 Å². The summed E-state index contributed by atoms with van der Waals surface area (Å²) in [7, 11) is 0. The van der Waals surface area contributed by atoms with E-state index >= 15 is 0 Å². The quantitative estimate of drug-likeness (QED) is 0.758. The van der Waals surface area contributed by atoms with Crippen molar-refractivity contribution in [3.63, 3.8) is 0 Å². The van der Waals surface area contributed by atoms with Crippen LogP contribution in [0.4, 0.5) is 0 Å². The molecule has 0 unspecified atom stereocenters. The Bertz CT molecular complexity index is 187. The van der Waals surface area contributed by atoms with E-state index in [0.717, 1.165) is 6.54 Å². The molecule has 1 aliphatic heterocycles. The number of aliphatic hydroxyl groups excluding tert-OH is 1. The van der Waals surface area contributed by atoms with Crippen molar-refractivity contribution in [3.8, 4) is 0 Å². The minimum absolute atomic E-state index is 0.162. The summed E-state index contributed by atoms with van der Waals surface area (Å²) in [4.78, 5) is 2.44. The third-order valence-electron chi connectivity index (χ3n) is 4.35. The highest BCUT2D eigenvalue weighted by atomic mass is 16.3. The molecule has 1 heterocycles. The van der Waals surface area contributed by atoms with E-state index in [9.17, 15) is 5.11 Å². The van der Waals surface area contributed by atoms with E-state index in [1.807, 2.05) is 6.92 Å². The van der Waals surface area contributed by atoms with E-state index in [1.54, 1.807) is 0 Å². The van der Waals surface area contributed by atoms with Crippen LogP contribution in [0.25, 0.3) is 0 Å². The van der Waals surface area contributed by atoms with E-state index in [1.165, 1.54) is 58.0 Å². The van der Waals surface area contributed by atoms with Gasteiger partial charge in [-0.25, -0.2) is 0 Å². The SMILES string of the molecule is C[C@@H](O)CN1CCC2(CCCCC2)CC1. The van der Waals surface area contributed by atoms with Crippen LogP contribution in [0.5, 0.6) is 0 Å². The van der Waals surface area contributed by atoms with Gasteiger partial charge in [0.05, 0.1) is 6.10 Å². The Morgan fingerprint density at radius 3 is 2.20 bits per heavy atom. The first kappa shape index (κ1) is 11.4. The summed E-state index contributed by atoms with van der Waals surface area (Å²) in [5, 5.41) is 9.36. The highest BCUT2D eigenvalue weighted by Crippen LogP contribution is 2.44. The molecule has 0 aromatic rings. The zero-order valence-electron chi connectivity index (χ0n) is 10.0. The maximum atomic E-state index is 9.36. The minimum Gasteiger partial charge on any atom is -0.392 e. The second kappa shape index (κ2) is 4.84. The first-order valence-corrected chi connectivity index (χ1v) is 6.61. The predicted molar refractivity (Wildman–Crippen MR) is 62.9 cm³/mol. The smallest absolute Gasteiger partial charge is 0.0639 e. The van der Waals surface area contributed by atoms with Crippen LogP contribution >= 0.6 is 0 Å². The molecule has 88 valence electrons. The van der Waals surface area contributed by atoms with E-state index in [4.69, 9.17) is 0 Å². The summed E-state index contributed by atoms with van der Waals surface area (Å²) in [6.45, 7) is 5.19. The van der Waals surface area contributed by atoms with Gasteiger partial charge < -0.3 is 10.0 Å². The van der Waals surface area contributed by atoms with Crippen LogP contribution in [-0.2, 0) is 0 Å². The molecule has 2 heteroatoms. The van der Waals surface area contributed by atoms with Gasteiger partial charge in [-0.1, -0.05) is 19.3 Å².